The van der Waals surface area contributed by atoms with E-state index >= 15 is 0 Å². The van der Waals surface area contributed by atoms with Gasteiger partial charge in [0.25, 0.3) is 0 Å². The van der Waals surface area contributed by atoms with Crippen molar-refractivity contribution in [3.05, 3.63) is 0 Å². The van der Waals surface area contributed by atoms with E-state index in [0.717, 1.165) is 18.5 Å². The summed E-state index contributed by atoms with van der Waals surface area (Å²) in [5.74, 6) is 4.31. The number of rotatable bonds is 5. The summed E-state index contributed by atoms with van der Waals surface area (Å²) in [5, 5.41) is 7.48. The molecule has 0 amide bonds. The van der Waals surface area contributed by atoms with E-state index in [1.165, 1.54) is 76.2 Å². The van der Waals surface area contributed by atoms with E-state index in [1.807, 2.05) is 7.05 Å². The molecule has 0 spiro atoms. The first-order valence-corrected chi connectivity index (χ1v) is 11.9. The summed E-state index contributed by atoms with van der Waals surface area (Å²) >= 11 is 2.11. The van der Waals surface area contributed by atoms with Crippen LogP contribution in [0.2, 0.25) is 0 Å². The molecule has 0 aromatic carbocycles. The molecule has 2 aliphatic carbocycles. The Labute approximate surface area is 186 Å². The van der Waals surface area contributed by atoms with E-state index in [4.69, 9.17) is 0 Å². The molecule has 2 aliphatic heterocycles. The van der Waals surface area contributed by atoms with Crippen molar-refractivity contribution in [1.82, 2.24) is 20.4 Å². The largest absolute Gasteiger partial charge is 0.355 e. The van der Waals surface area contributed by atoms with Crippen molar-refractivity contribution in [2.45, 2.75) is 63.1 Å². The summed E-state index contributed by atoms with van der Waals surface area (Å²) in [6.45, 7) is 8.38. The van der Waals surface area contributed by atoms with Gasteiger partial charge >= 0.3 is 0 Å². The molecule has 2 saturated heterocycles. The number of guanidine groups is 1. The number of thioether (sulfide) groups is 1. The van der Waals surface area contributed by atoms with Crippen LogP contribution in [0, 0.1) is 5.92 Å². The highest BCUT2D eigenvalue weighted by Crippen LogP contribution is 2.36. The average Bonchev–Trinajstić information content (AvgIpc) is 3.30. The zero-order chi connectivity index (χ0) is 18.0. The number of nitrogens with one attached hydrogen (secondary N) is 2. The van der Waals surface area contributed by atoms with E-state index in [1.54, 1.807) is 0 Å². The van der Waals surface area contributed by atoms with Crippen LogP contribution < -0.4 is 10.6 Å². The Kier molecular flexibility index (Phi) is 8.01. The average molecular weight is 508 g/mol. The highest BCUT2D eigenvalue weighted by atomic mass is 127. The van der Waals surface area contributed by atoms with Crippen LogP contribution in [0.1, 0.15) is 45.4 Å². The summed E-state index contributed by atoms with van der Waals surface area (Å²) in [4.78, 5) is 10.0. The first kappa shape index (κ1) is 22.0. The minimum atomic E-state index is 0. The van der Waals surface area contributed by atoms with Crippen LogP contribution in [0.5, 0.6) is 0 Å². The molecule has 2 heterocycles. The number of aliphatic imine (C=N–C) groups is 1. The van der Waals surface area contributed by atoms with Gasteiger partial charge in [0.05, 0.1) is 0 Å². The first-order valence-electron chi connectivity index (χ1n) is 10.7. The normalized spacial score (nSPS) is 32.3. The molecule has 4 fully saturated rings. The summed E-state index contributed by atoms with van der Waals surface area (Å²) in [6.07, 6.45) is 8.26. The van der Waals surface area contributed by atoms with Gasteiger partial charge in [-0.15, -0.1) is 24.0 Å². The zero-order valence-electron chi connectivity index (χ0n) is 17.1. The summed E-state index contributed by atoms with van der Waals surface area (Å²) in [5.41, 5.74) is 0.361. The monoisotopic (exact) mass is 507 g/mol. The minimum Gasteiger partial charge on any atom is -0.355 e. The zero-order valence-corrected chi connectivity index (χ0v) is 20.2. The third-order valence-corrected chi connectivity index (χ3v) is 7.99. The predicted octanol–water partition coefficient (Wildman–Crippen LogP) is 2.61. The molecule has 156 valence electrons. The summed E-state index contributed by atoms with van der Waals surface area (Å²) in [6, 6.07) is 1.41. The second-order valence-electron chi connectivity index (χ2n) is 8.87. The Morgan fingerprint density at radius 1 is 1.15 bits per heavy atom. The SMILES string of the molecule is CN=C(NCC1(N2CCSCC2)CCCC1)NC1CN(C2CC2)CC1C.I. The van der Waals surface area contributed by atoms with E-state index < -0.39 is 0 Å². The van der Waals surface area contributed by atoms with Crippen LogP contribution in [0.3, 0.4) is 0 Å². The number of hydrogen-bond donors (Lipinski definition) is 2. The van der Waals surface area contributed by atoms with Crippen LogP contribution in [0.4, 0.5) is 0 Å². The van der Waals surface area contributed by atoms with Crippen molar-refractivity contribution >= 4 is 41.7 Å². The van der Waals surface area contributed by atoms with Crippen molar-refractivity contribution in [2.24, 2.45) is 10.9 Å². The maximum Gasteiger partial charge on any atom is 0.191 e. The van der Waals surface area contributed by atoms with Gasteiger partial charge in [-0.3, -0.25) is 14.8 Å². The standard InChI is InChI=1S/C20H37N5S.HI/c1-16-13-24(17-5-6-17)14-18(16)23-19(21-2)22-15-20(7-3-4-8-20)25-9-11-26-12-10-25;/h16-18H,3-15H2,1-2H3,(H2,21,22,23);1H. The van der Waals surface area contributed by atoms with E-state index in [-0.39, 0.29) is 24.0 Å². The smallest absolute Gasteiger partial charge is 0.191 e. The number of halogens is 1. The molecule has 2 unspecified atom stereocenters. The lowest BCUT2D eigenvalue weighted by Crippen LogP contribution is -2.58. The Morgan fingerprint density at radius 2 is 1.85 bits per heavy atom. The second-order valence-corrected chi connectivity index (χ2v) is 10.1. The van der Waals surface area contributed by atoms with Crippen molar-refractivity contribution in [3.63, 3.8) is 0 Å². The topological polar surface area (TPSA) is 42.9 Å². The van der Waals surface area contributed by atoms with Crippen molar-refractivity contribution in [3.8, 4) is 0 Å². The van der Waals surface area contributed by atoms with Crippen molar-refractivity contribution in [2.75, 3.05) is 51.3 Å². The summed E-state index contributed by atoms with van der Waals surface area (Å²) < 4.78 is 0. The van der Waals surface area contributed by atoms with Gasteiger partial charge in [0.1, 0.15) is 0 Å². The maximum absolute atomic E-state index is 4.56. The van der Waals surface area contributed by atoms with Gasteiger partial charge in [0.15, 0.2) is 5.96 Å². The molecule has 7 heteroatoms. The lowest BCUT2D eigenvalue weighted by molar-refractivity contribution is 0.107. The highest BCUT2D eigenvalue weighted by Gasteiger charge is 2.41. The Hall–Kier alpha value is 0.270. The fourth-order valence-electron chi connectivity index (χ4n) is 5.22. The third-order valence-electron chi connectivity index (χ3n) is 7.05. The third kappa shape index (κ3) is 5.25. The van der Waals surface area contributed by atoms with Crippen LogP contribution in [-0.2, 0) is 0 Å². The molecule has 5 nitrogen and oxygen atoms in total. The lowest BCUT2D eigenvalue weighted by atomic mass is 9.94. The highest BCUT2D eigenvalue weighted by molar-refractivity contribution is 14.0. The molecule has 4 rings (SSSR count). The van der Waals surface area contributed by atoms with Crippen molar-refractivity contribution < 1.29 is 0 Å². The van der Waals surface area contributed by atoms with Gasteiger partial charge in [-0.05, 0) is 31.6 Å². The fourth-order valence-corrected chi connectivity index (χ4v) is 6.13. The van der Waals surface area contributed by atoms with Crippen LogP contribution >= 0.6 is 35.7 Å². The number of hydrogen-bond acceptors (Lipinski definition) is 4. The van der Waals surface area contributed by atoms with Crippen LogP contribution in [-0.4, -0.2) is 84.7 Å². The van der Waals surface area contributed by atoms with Gasteiger partial charge in [-0.1, -0.05) is 19.8 Å². The van der Waals surface area contributed by atoms with E-state index in [9.17, 15) is 0 Å². The minimum absolute atomic E-state index is 0. The molecule has 0 aromatic heterocycles. The number of nitrogens with zero attached hydrogens (tertiary/aromatic N) is 3. The molecule has 2 N–H and O–H groups in total. The molecule has 0 aromatic rings. The van der Waals surface area contributed by atoms with Gasteiger partial charge in [0.2, 0.25) is 0 Å². The molecular weight excluding hydrogens is 469 g/mol. The molecule has 2 atom stereocenters. The van der Waals surface area contributed by atoms with Gasteiger partial charge in [-0.25, -0.2) is 0 Å². The molecule has 0 bridgehead atoms. The van der Waals surface area contributed by atoms with Crippen LogP contribution in [0.15, 0.2) is 4.99 Å². The molecule has 2 saturated carbocycles. The fraction of sp³-hybridized carbons (Fsp3) is 0.950. The molecule has 27 heavy (non-hydrogen) atoms. The van der Waals surface area contributed by atoms with Crippen molar-refractivity contribution in [1.29, 1.82) is 0 Å². The second kappa shape index (κ2) is 9.85. The Bertz CT molecular complexity index is 501. The van der Waals surface area contributed by atoms with Gasteiger partial charge in [0, 0.05) is 68.9 Å². The molecule has 4 aliphatic rings. The lowest BCUT2D eigenvalue weighted by Gasteiger charge is -2.43. The quantitative estimate of drug-likeness (QED) is 0.340. The molecule has 0 radical (unpaired) electrons. The number of likely N-dealkylation sites (tertiary alicyclic amines) is 1. The molecular formula is C20H38IN5S. The first-order chi connectivity index (χ1) is 12.7. The maximum atomic E-state index is 4.56. The Morgan fingerprint density at radius 3 is 2.48 bits per heavy atom. The van der Waals surface area contributed by atoms with E-state index in [0.29, 0.717) is 17.5 Å². The van der Waals surface area contributed by atoms with Gasteiger partial charge in [-0.2, -0.15) is 11.8 Å². The van der Waals surface area contributed by atoms with Gasteiger partial charge < -0.3 is 10.6 Å². The Balaban J connectivity index is 0.00000210. The predicted molar refractivity (Wildman–Crippen MR) is 128 cm³/mol. The summed E-state index contributed by atoms with van der Waals surface area (Å²) in [7, 11) is 1.92. The van der Waals surface area contributed by atoms with E-state index in [2.05, 4.69) is 44.1 Å². The van der Waals surface area contributed by atoms with Crippen LogP contribution in [0.25, 0.3) is 0 Å².